The second-order valence-corrected chi connectivity index (χ2v) is 5.99. The predicted octanol–water partition coefficient (Wildman–Crippen LogP) is 3.25. The lowest BCUT2D eigenvalue weighted by Gasteiger charge is -2.17. The molecule has 0 aliphatic rings. The maximum Gasteiger partial charge on any atom is 0.345 e. The first-order valence-electron chi connectivity index (χ1n) is 6.71. The first kappa shape index (κ1) is 16.0. The van der Waals surface area contributed by atoms with Crippen molar-refractivity contribution in [2.75, 3.05) is 7.11 Å². The smallest absolute Gasteiger partial charge is 0.345 e. The Kier molecular flexibility index (Phi) is 4.82. The molecule has 0 saturated heterocycles. The summed E-state index contributed by atoms with van der Waals surface area (Å²) in [5, 5.41) is 11.8. The summed E-state index contributed by atoms with van der Waals surface area (Å²) in [6.45, 7) is 3.83. The average Bonchev–Trinajstić information content (AvgIpc) is 2.97. The molecule has 1 atom stereocenters. The third-order valence-electron chi connectivity index (χ3n) is 3.24. The van der Waals surface area contributed by atoms with Crippen LogP contribution >= 0.6 is 11.3 Å². The van der Waals surface area contributed by atoms with Crippen LogP contribution < -0.4 is 10.1 Å². The minimum Gasteiger partial charge on any atom is -0.496 e. The molecule has 0 radical (unpaired) electrons. The Morgan fingerprint density at radius 3 is 2.50 bits per heavy atom. The highest BCUT2D eigenvalue weighted by Crippen LogP contribution is 2.26. The van der Waals surface area contributed by atoms with Crippen LogP contribution in [0.4, 0.5) is 0 Å². The number of benzene rings is 1. The molecular weight excluding hydrogens is 302 g/mol. The average molecular weight is 319 g/mol. The van der Waals surface area contributed by atoms with Gasteiger partial charge in [0.15, 0.2) is 0 Å². The molecule has 2 aromatic rings. The first-order valence-corrected chi connectivity index (χ1v) is 7.52. The molecule has 1 aromatic carbocycles. The van der Waals surface area contributed by atoms with Crippen LogP contribution in [0, 0.1) is 6.92 Å². The number of nitrogens with one attached hydrogen (secondary N) is 1. The van der Waals surface area contributed by atoms with Crippen LogP contribution in [0.2, 0.25) is 0 Å². The highest BCUT2D eigenvalue weighted by atomic mass is 32.1. The van der Waals surface area contributed by atoms with E-state index in [2.05, 4.69) is 5.32 Å². The summed E-state index contributed by atoms with van der Waals surface area (Å²) >= 11 is 0.957. The first-order chi connectivity index (χ1) is 10.4. The van der Waals surface area contributed by atoms with Crippen LogP contribution in [0.5, 0.6) is 5.75 Å². The summed E-state index contributed by atoms with van der Waals surface area (Å²) in [6.07, 6.45) is 0. The van der Waals surface area contributed by atoms with Crippen molar-refractivity contribution in [2.24, 2.45) is 0 Å². The number of amides is 1. The van der Waals surface area contributed by atoms with Crippen molar-refractivity contribution in [1.29, 1.82) is 0 Å². The fourth-order valence-electron chi connectivity index (χ4n) is 2.11. The van der Waals surface area contributed by atoms with Crippen molar-refractivity contribution >= 4 is 23.2 Å². The number of carbonyl (C=O) groups excluding carboxylic acids is 1. The Balaban J connectivity index is 2.17. The second kappa shape index (κ2) is 6.62. The van der Waals surface area contributed by atoms with E-state index in [-0.39, 0.29) is 16.8 Å². The lowest BCUT2D eigenvalue weighted by Crippen LogP contribution is -2.26. The van der Waals surface area contributed by atoms with Gasteiger partial charge < -0.3 is 15.2 Å². The van der Waals surface area contributed by atoms with E-state index in [0.717, 1.165) is 22.5 Å². The van der Waals surface area contributed by atoms with E-state index in [0.29, 0.717) is 10.6 Å². The quantitative estimate of drug-likeness (QED) is 0.887. The van der Waals surface area contributed by atoms with E-state index in [4.69, 9.17) is 9.84 Å². The van der Waals surface area contributed by atoms with Gasteiger partial charge in [-0.3, -0.25) is 4.79 Å². The van der Waals surface area contributed by atoms with E-state index in [1.165, 1.54) is 12.1 Å². The van der Waals surface area contributed by atoms with E-state index in [1.54, 1.807) is 7.11 Å². The number of rotatable bonds is 5. The minimum absolute atomic E-state index is 0.144. The maximum absolute atomic E-state index is 12.2. The molecule has 1 amide bonds. The summed E-state index contributed by atoms with van der Waals surface area (Å²) in [5.41, 5.74) is 1.95. The van der Waals surface area contributed by atoms with Crippen LogP contribution in [0.15, 0.2) is 30.3 Å². The van der Waals surface area contributed by atoms with Gasteiger partial charge in [0.25, 0.3) is 5.91 Å². The van der Waals surface area contributed by atoms with Gasteiger partial charge in [0.2, 0.25) is 0 Å². The molecule has 1 aromatic heterocycles. The number of aryl methyl sites for hydroxylation is 1. The van der Waals surface area contributed by atoms with Gasteiger partial charge >= 0.3 is 5.97 Å². The molecule has 1 unspecified atom stereocenters. The van der Waals surface area contributed by atoms with E-state index in [9.17, 15) is 9.59 Å². The normalized spacial score (nSPS) is 11.8. The lowest BCUT2D eigenvalue weighted by molar-refractivity contribution is 0.0702. The van der Waals surface area contributed by atoms with Crippen molar-refractivity contribution in [2.45, 2.75) is 19.9 Å². The van der Waals surface area contributed by atoms with Crippen LogP contribution in [0.3, 0.4) is 0 Å². The Bertz CT molecular complexity index is 708. The maximum atomic E-state index is 12.2. The van der Waals surface area contributed by atoms with E-state index < -0.39 is 5.97 Å². The number of carbonyl (C=O) groups is 2. The monoisotopic (exact) mass is 319 g/mol. The largest absolute Gasteiger partial charge is 0.496 e. The molecule has 6 heteroatoms. The van der Waals surface area contributed by atoms with Crippen molar-refractivity contribution < 1.29 is 19.4 Å². The highest BCUT2D eigenvalue weighted by molar-refractivity contribution is 7.15. The van der Waals surface area contributed by atoms with Gasteiger partial charge in [-0.1, -0.05) is 17.7 Å². The van der Waals surface area contributed by atoms with Crippen LogP contribution in [-0.4, -0.2) is 24.1 Å². The molecule has 22 heavy (non-hydrogen) atoms. The number of carboxylic acids is 1. The summed E-state index contributed by atoms with van der Waals surface area (Å²) in [5.74, 6) is -0.623. The van der Waals surface area contributed by atoms with Crippen molar-refractivity contribution in [3.05, 3.63) is 51.2 Å². The Labute approximate surface area is 132 Å². The summed E-state index contributed by atoms with van der Waals surface area (Å²) in [7, 11) is 1.58. The fourth-order valence-corrected chi connectivity index (χ4v) is 2.86. The third-order valence-corrected chi connectivity index (χ3v) is 4.31. The summed E-state index contributed by atoms with van der Waals surface area (Å²) < 4.78 is 5.32. The topological polar surface area (TPSA) is 75.6 Å². The van der Waals surface area contributed by atoms with Gasteiger partial charge in [-0.25, -0.2) is 4.79 Å². The van der Waals surface area contributed by atoms with Gasteiger partial charge in [0.05, 0.1) is 18.0 Å². The number of ether oxygens (including phenoxy) is 1. The molecule has 0 spiro atoms. The SMILES string of the molecule is COc1ccc(C)cc1C(C)NC(=O)c1ccc(C(=O)O)s1. The molecule has 0 aliphatic carbocycles. The highest BCUT2D eigenvalue weighted by Gasteiger charge is 2.18. The molecule has 2 rings (SSSR count). The standard InChI is InChI=1S/C16H17NO4S/c1-9-4-5-12(21-3)11(8-9)10(2)17-15(18)13-6-7-14(22-13)16(19)20/h4-8,10H,1-3H3,(H,17,18)(H,19,20). The molecule has 0 bridgehead atoms. The molecule has 5 nitrogen and oxygen atoms in total. The van der Waals surface area contributed by atoms with Gasteiger partial charge in [0, 0.05) is 5.56 Å². The van der Waals surface area contributed by atoms with Gasteiger partial charge in [-0.15, -0.1) is 11.3 Å². The Morgan fingerprint density at radius 2 is 1.91 bits per heavy atom. The zero-order valence-electron chi connectivity index (χ0n) is 12.5. The van der Waals surface area contributed by atoms with Crippen molar-refractivity contribution in [1.82, 2.24) is 5.32 Å². The number of hydrogen-bond acceptors (Lipinski definition) is 4. The van der Waals surface area contributed by atoms with Crippen LogP contribution in [0.1, 0.15) is 43.4 Å². The van der Waals surface area contributed by atoms with Gasteiger partial charge in [0.1, 0.15) is 10.6 Å². The van der Waals surface area contributed by atoms with Crippen molar-refractivity contribution in [3.63, 3.8) is 0 Å². The van der Waals surface area contributed by atoms with Crippen LogP contribution in [-0.2, 0) is 0 Å². The number of thiophene rings is 1. The Hall–Kier alpha value is -2.34. The summed E-state index contributed by atoms with van der Waals surface area (Å²) in [4.78, 5) is 23.6. The third kappa shape index (κ3) is 3.46. The second-order valence-electron chi connectivity index (χ2n) is 4.91. The predicted molar refractivity (Wildman–Crippen MR) is 84.9 cm³/mol. The van der Waals surface area contributed by atoms with E-state index >= 15 is 0 Å². The number of carboxylic acid groups (broad SMARTS) is 1. The molecule has 0 saturated carbocycles. The van der Waals surface area contributed by atoms with Crippen LogP contribution in [0.25, 0.3) is 0 Å². The molecule has 116 valence electrons. The summed E-state index contributed by atoms with van der Waals surface area (Å²) in [6, 6.07) is 8.46. The fraction of sp³-hybridized carbons (Fsp3) is 0.250. The number of hydrogen-bond donors (Lipinski definition) is 2. The lowest BCUT2D eigenvalue weighted by atomic mass is 10.0. The minimum atomic E-state index is -1.03. The molecule has 0 fully saturated rings. The molecular formula is C16H17NO4S. The van der Waals surface area contributed by atoms with Gasteiger partial charge in [-0.2, -0.15) is 0 Å². The number of methoxy groups -OCH3 is 1. The van der Waals surface area contributed by atoms with E-state index in [1.807, 2.05) is 32.0 Å². The van der Waals surface area contributed by atoms with Gasteiger partial charge in [-0.05, 0) is 32.0 Å². The molecule has 0 aliphatic heterocycles. The van der Waals surface area contributed by atoms with Crippen molar-refractivity contribution in [3.8, 4) is 5.75 Å². The molecule has 1 heterocycles. The molecule has 2 N–H and O–H groups in total. The zero-order chi connectivity index (χ0) is 16.3. The number of aromatic carboxylic acids is 1. The zero-order valence-corrected chi connectivity index (χ0v) is 13.4. The Morgan fingerprint density at radius 1 is 1.23 bits per heavy atom.